The third-order valence-corrected chi connectivity index (χ3v) is 3.88. The van der Waals surface area contributed by atoms with Crippen LogP contribution in [0.1, 0.15) is 0 Å². The lowest BCUT2D eigenvalue weighted by atomic mass is 10.4. The molecule has 0 atom stereocenters. The minimum absolute atomic E-state index is 0.582. The van der Waals surface area contributed by atoms with Crippen LogP contribution in [0.4, 0.5) is 0 Å². The van der Waals surface area contributed by atoms with Crippen LogP contribution in [0.15, 0.2) is 21.5 Å². The Balaban J connectivity index is 3.25. The molecular weight excluding hydrogens is 267 g/mol. The number of thioether (sulfide) groups is 1. The Hall–Kier alpha value is 0.630. The summed E-state index contributed by atoms with van der Waals surface area (Å²) in [5, 5.41) is 1.20. The molecule has 0 aliphatic rings. The van der Waals surface area contributed by atoms with E-state index in [-0.39, 0.29) is 0 Å². The van der Waals surface area contributed by atoms with E-state index < -0.39 is 0 Å². The van der Waals surface area contributed by atoms with E-state index in [2.05, 4.69) is 15.9 Å². The van der Waals surface area contributed by atoms with Crippen LogP contribution in [0.25, 0.3) is 0 Å². The molecule has 60 valence electrons. The first-order valence-corrected chi connectivity index (χ1v) is 5.61. The predicted octanol–water partition coefficient (Wildman–Crippen LogP) is 4.48. The fraction of sp³-hybridized carbons (Fsp3) is 0.143. The molecule has 0 N–H and O–H groups in total. The van der Waals surface area contributed by atoms with Gasteiger partial charge < -0.3 is 0 Å². The number of hydrogen-bond donors (Lipinski definition) is 0. The second-order valence-electron chi connectivity index (χ2n) is 1.88. The molecule has 0 unspecified atom stereocenters. The number of hydrogen-bond acceptors (Lipinski definition) is 1. The largest absolute Gasteiger partial charge is 0.128 e. The normalized spacial score (nSPS) is 10.2. The Morgan fingerprint density at radius 3 is 2.45 bits per heavy atom. The second-order valence-corrected chi connectivity index (χ2v) is 4.34. The van der Waals surface area contributed by atoms with Crippen molar-refractivity contribution >= 4 is 50.9 Å². The van der Waals surface area contributed by atoms with Crippen molar-refractivity contribution in [3.8, 4) is 0 Å². The summed E-state index contributed by atoms with van der Waals surface area (Å²) in [4.78, 5) is 1.000. The van der Waals surface area contributed by atoms with Crippen LogP contribution in [0.3, 0.4) is 0 Å². The van der Waals surface area contributed by atoms with Gasteiger partial charge in [-0.05, 0) is 34.3 Å². The van der Waals surface area contributed by atoms with Gasteiger partial charge in [0.05, 0.1) is 10.0 Å². The van der Waals surface area contributed by atoms with E-state index in [9.17, 15) is 0 Å². The van der Waals surface area contributed by atoms with Gasteiger partial charge in [-0.1, -0.05) is 23.2 Å². The summed E-state index contributed by atoms with van der Waals surface area (Å²) in [6.45, 7) is 0. The lowest BCUT2D eigenvalue weighted by Gasteiger charge is -2.03. The molecule has 1 aromatic rings. The monoisotopic (exact) mass is 270 g/mol. The lowest BCUT2D eigenvalue weighted by molar-refractivity contribution is 1.44. The Morgan fingerprint density at radius 2 is 1.91 bits per heavy atom. The molecule has 0 amide bonds. The molecule has 0 saturated heterocycles. The molecule has 0 spiro atoms. The summed E-state index contributed by atoms with van der Waals surface area (Å²) in [5.41, 5.74) is 0. The standard InChI is InChI=1S/C7H5BrCl2S/c1-11-5-3-2-4(8)6(9)7(5)10/h2-3H,1H3. The zero-order chi connectivity index (χ0) is 8.43. The summed E-state index contributed by atoms with van der Waals surface area (Å²) < 4.78 is 0.835. The molecule has 0 bridgehead atoms. The van der Waals surface area contributed by atoms with Gasteiger partial charge in [0.25, 0.3) is 0 Å². The molecule has 1 rings (SSSR count). The number of benzene rings is 1. The minimum Gasteiger partial charge on any atom is -0.128 e. The maximum absolute atomic E-state index is 5.92. The topological polar surface area (TPSA) is 0 Å². The van der Waals surface area contributed by atoms with E-state index >= 15 is 0 Å². The molecule has 0 fully saturated rings. The molecule has 0 heterocycles. The summed E-state index contributed by atoms with van der Waals surface area (Å²) in [5.74, 6) is 0. The van der Waals surface area contributed by atoms with E-state index in [4.69, 9.17) is 23.2 Å². The fourth-order valence-corrected chi connectivity index (χ4v) is 2.21. The highest BCUT2D eigenvalue weighted by Crippen LogP contribution is 2.36. The van der Waals surface area contributed by atoms with Gasteiger partial charge in [0, 0.05) is 9.37 Å². The van der Waals surface area contributed by atoms with Gasteiger partial charge in [-0.15, -0.1) is 11.8 Å². The van der Waals surface area contributed by atoms with E-state index in [1.807, 2.05) is 18.4 Å². The van der Waals surface area contributed by atoms with Crippen molar-refractivity contribution in [2.24, 2.45) is 0 Å². The van der Waals surface area contributed by atoms with Crippen LogP contribution in [-0.4, -0.2) is 6.26 Å². The van der Waals surface area contributed by atoms with Crippen molar-refractivity contribution in [3.05, 3.63) is 26.7 Å². The average Bonchev–Trinajstić information content (AvgIpc) is 2.01. The molecule has 0 nitrogen and oxygen atoms in total. The second kappa shape index (κ2) is 4.04. The van der Waals surface area contributed by atoms with Crippen molar-refractivity contribution in [3.63, 3.8) is 0 Å². The SMILES string of the molecule is CSc1ccc(Br)c(Cl)c1Cl. The van der Waals surface area contributed by atoms with Gasteiger partial charge in [0.15, 0.2) is 0 Å². The predicted molar refractivity (Wildman–Crippen MR) is 55.9 cm³/mol. The van der Waals surface area contributed by atoms with Crippen molar-refractivity contribution in [1.29, 1.82) is 0 Å². The maximum Gasteiger partial charge on any atom is 0.0745 e. The maximum atomic E-state index is 5.92. The van der Waals surface area contributed by atoms with Gasteiger partial charge in [-0.25, -0.2) is 0 Å². The van der Waals surface area contributed by atoms with Gasteiger partial charge in [-0.3, -0.25) is 0 Å². The molecule has 0 aliphatic heterocycles. The Kier molecular flexibility index (Phi) is 3.56. The molecule has 0 saturated carbocycles. The highest BCUT2D eigenvalue weighted by molar-refractivity contribution is 9.10. The van der Waals surface area contributed by atoms with Crippen LogP contribution < -0.4 is 0 Å². The Labute approximate surface area is 88.4 Å². The van der Waals surface area contributed by atoms with Crippen LogP contribution in [-0.2, 0) is 0 Å². The lowest BCUT2D eigenvalue weighted by Crippen LogP contribution is -1.76. The molecule has 4 heteroatoms. The first-order chi connectivity index (χ1) is 5.16. The van der Waals surface area contributed by atoms with Gasteiger partial charge in [0.1, 0.15) is 0 Å². The van der Waals surface area contributed by atoms with Crippen molar-refractivity contribution in [2.75, 3.05) is 6.26 Å². The smallest absolute Gasteiger partial charge is 0.0745 e. The molecule has 1 aromatic carbocycles. The zero-order valence-electron chi connectivity index (χ0n) is 5.70. The first kappa shape index (κ1) is 9.72. The van der Waals surface area contributed by atoms with Crippen LogP contribution >= 0.6 is 50.9 Å². The molecule has 11 heavy (non-hydrogen) atoms. The van der Waals surface area contributed by atoms with Gasteiger partial charge >= 0.3 is 0 Å². The average molecular weight is 272 g/mol. The quantitative estimate of drug-likeness (QED) is 0.536. The van der Waals surface area contributed by atoms with Gasteiger partial charge in [0.2, 0.25) is 0 Å². The first-order valence-electron chi connectivity index (χ1n) is 2.84. The van der Waals surface area contributed by atoms with E-state index in [1.165, 1.54) is 0 Å². The van der Waals surface area contributed by atoms with Crippen molar-refractivity contribution < 1.29 is 0 Å². The van der Waals surface area contributed by atoms with Crippen molar-refractivity contribution in [2.45, 2.75) is 4.90 Å². The van der Waals surface area contributed by atoms with E-state index in [0.717, 1.165) is 9.37 Å². The number of halogens is 3. The molecule has 0 radical (unpaired) electrons. The van der Waals surface area contributed by atoms with Crippen LogP contribution in [0.5, 0.6) is 0 Å². The summed E-state index contributed by atoms with van der Waals surface area (Å²) >= 11 is 16.7. The van der Waals surface area contributed by atoms with Gasteiger partial charge in [-0.2, -0.15) is 0 Å². The summed E-state index contributed by atoms with van der Waals surface area (Å²) in [7, 11) is 0. The highest BCUT2D eigenvalue weighted by Gasteiger charge is 2.06. The Bertz CT molecular complexity index is 275. The molecule has 0 aliphatic carbocycles. The summed E-state index contributed by atoms with van der Waals surface area (Å²) in [6, 6.07) is 3.82. The third kappa shape index (κ3) is 2.05. The third-order valence-electron chi connectivity index (χ3n) is 1.22. The Morgan fingerprint density at radius 1 is 1.27 bits per heavy atom. The summed E-state index contributed by atoms with van der Waals surface area (Å²) in [6.07, 6.45) is 1.96. The molecular formula is C7H5BrCl2S. The zero-order valence-corrected chi connectivity index (χ0v) is 9.61. The minimum atomic E-state index is 0.582. The fourth-order valence-electron chi connectivity index (χ4n) is 0.666. The number of rotatable bonds is 1. The van der Waals surface area contributed by atoms with E-state index in [0.29, 0.717) is 10.0 Å². The van der Waals surface area contributed by atoms with Crippen LogP contribution in [0.2, 0.25) is 10.0 Å². The van der Waals surface area contributed by atoms with E-state index in [1.54, 1.807) is 11.8 Å². The molecule has 0 aromatic heterocycles. The van der Waals surface area contributed by atoms with Crippen molar-refractivity contribution in [1.82, 2.24) is 0 Å². The highest BCUT2D eigenvalue weighted by atomic mass is 79.9. The van der Waals surface area contributed by atoms with Crippen LogP contribution in [0, 0.1) is 0 Å².